The molecule has 0 saturated heterocycles. The molecule has 0 fully saturated rings. The van der Waals surface area contributed by atoms with Gasteiger partial charge in [0, 0.05) is 12.6 Å². The fourth-order valence-electron chi connectivity index (χ4n) is 1.65. The fourth-order valence-corrected chi connectivity index (χ4v) is 1.65. The van der Waals surface area contributed by atoms with E-state index in [2.05, 4.69) is 0 Å². The van der Waals surface area contributed by atoms with Crippen molar-refractivity contribution in [2.45, 2.75) is 19.9 Å². The summed E-state index contributed by atoms with van der Waals surface area (Å²) in [5.41, 5.74) is 0.204. The number of aromatic nitrogens is 1. The average molecular weight is 235 g/mol. The van der Waals surface area contributed by atoms with Gasteiger partial charge >= 0.3 is 0 Å². The first kappa shape index (κ1) is 13.3. The van der Waals surface area contributed by atoms with E-state index in [-0.39, 0.29) is 11.4 Å². The normalized spacial score (nSPS) is 10.5. The van der Waals surface area contributed by atoms with Gasteiger partial charge in [-0.05, 0) is 39.5 Å². The summed E-state index contributed by atoms with van der Waals surface area (Å²) in [5, 5.41) is 18.6. The van der Waals surface area contributed by atoms with E-state index >= 15 is 0 Å². The largest absolute Gasteiger partial charge is 0.494 e. The summed E-state index contributed by atoms with van der Waals surface area (Å²) in [6.45, 7) is 2.88. The zero-order valence-corrected chi connectivity index (χ0v) is 10.4. The predicted octanol–water partition coefficient (Wildman–Crippen LogP) is 0.686. The predicted molar refractivity (Wildman–Crippen MR) is 65.0 cm³/mol. The van der Waals surface area contributed by atoms with E-state index in [1.807, 2.05) is 25.1 Å². The van der Waals surface area contributed by atoms with Crippen LogP contribution in [0.2, 0.25) is 0 Å². The molecule has 1 N–H and O–H groups in total. The summed E-state index contributed by atoms with van der Waals surface area (Å²) >= 11 is 0. The molecule has 0 unspecified atom stereocenters. The molecule has 1 rings (SSSR count). The molecular weight excluding hydrogens is 218 g/mol. The Labute approximate surface area is 101 Å². The number of nitriles is 1. The highest BCUT2D eigenvalue weighted by Gasteiger charge is 2.11. The molecule has 0 atom stereocenters. The number of pyridine rings is 1. The summed E-state index contributed by atoms with van der Waals surface area (Å²) in [7, 11) is 3.89. The lowest BCUT2D eigenvalue weighted by atomic mass is 10.1. The molecular formula is C12H17N3O2. The number of nitrogens with zero attached hydrogens (tertiary/aromatic N) is 3. The van der Waals surface area contributed by atoms with E-state index in [1.165, 1.54) is 10.6 Å². The maximum absolute atomic E-state index is 11.9. The van der Waals surface area contributed by atoms with Crippen molar-refractivity contribution in [3.8, 4) is 11.9 Å². The molecule has 0 aliphatic carbocycles. The zero-order valence-electron chi connectivity index (χ0n) is 10.4. The maximum Gasteiger partial charge on any atom is 0.271 e. The minimum Gasteiger partial charge on any atom is -0.494 e. The van der Waals surface area contributed by atoms with Crippen LogP contribution in [-0.4, -0.2) is 35.2 Å². The van der Waals surface area contributed by atoms with Crippen LogP contribution < -0.4 is 5.56 Å². The topological polar surface area (TPSA) is 69.3 Å². The van der Waals surface area contributed by atoms with Crippen molar-refractivity contribution >= 4 is 0 Å². The standard InChI is InChI=1S/C12H17N3O2/c1-9-7-11(16)15(6-4-5-14(2)3)12(17)10(9)8-13/h7,16H,4-6H2,1-3H3. The van der Waals surface area contributed by atoms with Gasteiger partial charge in [0.2, 0.25) is 0 Å². The molecule has 1 heterocycles. The van der Waals surface area contributed by atoms with E-state index in [0.29, 0.717) is 12.1 Å². The van der Waals surface area contributed by atoms with Crippen LogP contribution in [0.4, 0.5) is 0 Å². The Morgan fingerprint density at radius 2 is 2.18 bits per heavy atom. The summed E-state index contributed by atoms with van der Waals surface area (Å²) in [6, 6.07) is 3.33. The third kappa shape index (κ3) is 3.08. The third-order valence-electron chi connectivity index (χ3n) is 2.57. The van der Waals surface area contributed by atoms with Gasteiger partial charge in [-0.1, -0.05) is 0 Å². The van der Waals surface area contributed by atoms with Crippen LogP contribution in [0, 0.1) is 18.3 Å². The lowest BCUT2D eigenvalue weighted by molar-refractivity contribution is 0.361. The molecule has 1 aromatic heterocycles. The molecule has 0 aliphatic heterocycles. The van der Waals surface area contributed by atoms with Gasteiger partial charge in [0.1, 0.15) is 11.6 Å². The number of aromatic hydroxyl groups is 1. The fraction of sp³-hybridized carbons (Fsp3) is 0.500. The number of aryl methyl sites for hydroxylation is 1. The van der Waals surface area contributed by atoms with Gasteiger partial charge < -0.3 is 10.0 Å². The highest BCUT2D eigenvalue weighted by atomic mass is 16.3. The van der Waals surface area contributed by atoms with Crippen LogP contribution in [0.3, 0.4) is 0 Å². The van der Waals surface area contributed by atoms with E-state index in [4.69, 9.17) is 5.26 Å². The first-order valence-corrected chi connectivity index (χ1v) is 5.45. The highest BCUT2D eigenvalue weighted by Crippen LogP contribution is 2.12. The second-order valence-electron chi connectivity index (χ2n) is 4.29. The average Bonchev–Trinajstić information content (AvgIpc) is 2.22. The summed E-state index contributed by atoms with van der Waals surface area (Å²) in [6.07, 6.45) is 0.744. The molecule has 1 aromatic rings. The first-order valence-electron chi connectivity index (χ1n) is 5.45. The molecule has 0 spiro atoms. The van der Waals surface area contributed by atoms with Crippen molar-refractivity contribution in [1.29, 1.82) is 5.26 Å². The molecule has 0 aromatic carbocycles. The van der Waals surface area contributed by atoms with E-state index in [9.17, 15) is 9.90 Å². The summed E-state index contributed by atoms with van der Waals surface area (Å²) in [5.74, 6) is -0.0785. The van der Waals surface area contributed by atoms with Gasteiger partial charge in [0.05, 0.1) is 0 Å². The molecule has 17 heavy (non-hydrogen) atoms. The van der Waals surface area contributed by atoms with E-state index in [1.54, 1.807) is 6.92 Å². The quantitative estimate of drug-likeness (QED) is 0.833. The van der Waals surface area contributed by atoms with Crippen LogP contribution >= 0.6 is 0 Å². The first-order chi connectivity index (χ1) is 7.97. The van der Waals surface area contributed by atoms with Crippen molar-refractivity contribution in [3.63, 3.8) is 0 Å². The highest BCUT2D eigenvalue weighted by molar-refractivity contribution is 5.37. The smallest absolute Gasteiger partial charge is 0.271 e. The van der Waals surface area contributed by atoms with Gasteiger partial charge in [-0.25, -0.2) is 0 Å². The van der Waals surface area contributed by atoms with Crippen molar-refractivity contribution in [2.24, 2.45) is 0 Å². The van der Waals surface area contributed by atoms with Crippen molar-refractivity contribution < 1.29 is 5.11 Å². The Morgan fingerprint density at radius 1 is 1.53 bits per heavy atom. The van der Waals surface area contributed by atoms with Gasteiger partial charge in [-0.15, -0.1) is 0 Å². The molecule has 5 nitrogen and oxygen atoms in total. The Hall–Kier alpha value is -1.80. The Balaban J connectivity index is 3.01. The van der Waals surface area contributed by atoms with Gasteiger partial charge in [-0.3, -0.25) is 9.36 Å². The molecule has 0 aliphatic rings. The van der Waals surface area contributed by atoms with Crippen LogP contribution in [0.25, 0.3) is 0 Å². The number of hydrogen-bond donors (Lipinski definition) is 1. The van der Waals surface area contributed by atoms with Crippen LogP contribution in [0.1, 0.15) is 17.5 Å². The number of hydrogen-bond acceptors (Lipinski definition) is 4. The Kier molecular flexibility index (Phi) is 4.30. The van der Waals surface area contributed by atoms with Crippen molar-refractivity contribution in [1.82, 2.24) is 9.47 Å². The van der Waals surface area contributed by atoms with E-state index in [0.717, 1.165) is 13.0 Å². The minimum atomic E-state index is -0.413. The maximum atomic E-state index is 11.9. The van der Waals surface area contributed by atoms with Gasteiger partial charge in [0.15, 0.2) is 5.88 Å². The van der Waals surface area contributed by atoms with Crippen molar-refractivity contribution in [2.75, 3.05) is 20.6 Å². The molecule has 0 saturated carbocycles. The molecule has 0 amide bonds. The van der Waals surface area contributed by atoms with Gasteiger partial charge in [0.25, 0.3) is 5.56 Å². The lowest BCUT2D eigenvalue weighted by Crippen LogP contribution is -2.25. The Bertz CT molecular complexity index is 498. The molecule has 5 heteroatoms. The van der Waals surface area contributed by atoms with Crippen LogP contribution in [0.15, 0.2) is 10.9 Å². The van der Waals surface area contributed by atoms with E-state index < -0.39 is 5.56 Å². The van der Waals surface area contributed by atoms with Crippen LogP contribution in [0.5, 0.6) is 5.88 Å². The minimum absolute atomic E-state index is 0.0785. The van der Waals surface area contributed by atoms with Gasteiger partial charge in [-0.2, -0.15) is 5.26 Å². The molecule has 92 valence electrons. The summed E-state index contributed by atoms with van der Waals surface area (Å²) in [4.78, 5) is 13.9. The Morgan fingerprint density at radius 3 is 2.71 bits per heavy atom. The zero-order chi connectivity index (χ0) is 13.0. The summed E-state index contributed by atoms with van der Waals surface area (Å²) < 4.78 is 1.25. The van der Waals surface area contributed by atoms with Crippen LogP contribution in [-0.2, 0) is 6.54 Å². The molecule has 0 radical (unpaired) electrons. The van der Waals surface area contributed by atoms with Crippen molar-refractivity contribution in [3.05, 3.63) is 27.5 Å². The monoisotopic (exact) mass is 235 g/mol. The second kappa shape index (κ2) is 5.51. The lowest BCUT2D eigenvalue weighted by Gasteiger charge is -2.12. The number of rotatable bonds is 4. The third-order valence-corrected chi connectivity index (χ3v) is 2.57. The second-order valence-corrected chi connectivity index (χ2v) is 4.29. The SMILES string of the molecule is Cc1cc(O)n(CCCN(C)C)c(=O)c1C#N. The molecule has 0 bridgehead atoms.